The minimum Gasteiger partial charge on any atom is -0.339 e. The Kier molecular flexibility index (Phi) is 4.20. The molecule has 3 nitrogen and oxygen atoms in total. The summed E-state index contributed by atoms with van der Waals surface area (Å²) in [5.41, 5.74) is 2.72. The fourth-order valence-corrected chi connectivity index (χ4v) is 3.44. The summed E-state index contributed by atoms with van der Waals surface area (Å²) in [5.74, 6) is 0.0768. The molecule has 0 atom stereocenters. The monoisotopic (exact) mass is 310 g/mol. The second-order valence-corrected chi connectivity index (χ2v) is 6.08. The lowest BCUT2D eigenvalue weighted by molar-refractivity contribution is 0.0773. The first kappa shape index (κ1) is 14.7. The maximum atomic E-state index is 12.5. The van der Waals surface area contributed by atoms with Gasteiger partial charge in [0.2, 0.25) is 0 Å². The Bertz CT molecular complexity index is 772. The number of aromatic nitrogens is 1. The fraction of sp³-hybridized carbons (Fsp3) is 0.222. The van der Waals surface area contributed by atoms with Crippen LogP contribution in [-0.4, -0.2) is 28.9 Å². The van der Waals surface area contributed by atoms with E-state index in [1.54, 1.807) is 11.3 Å². The smallest absolute Gasteiger partial charge is 0.253 e. The third-order valence-corrected chi connectivity index (χ3v) is 4.79. The van der Waals surface area contributed by atoms with Crippen molar-refractivity contribution in [3.63, 3.8) is 0 Å². The zero-order chi connectivity index (χ0) is 15.5. The van der Waals surface area contributed by atoms with Crippen molar-refractivity contribution in [3.8, 4) is 10.6 Å². The summed E-state index contributed by atoms with van der Waals surface area (Å²) >= 11 is 1.65. The second-order valence-electron chi connectivity index (χ2n) is 5.04. The van der Waals surface area contributed by atoms with Gasteiger partial charge < -0.3 is 4.90 Å². The maximum absolute atomic E-state index is 12.5. The molecule has 2 aromatic carbocycles. The van der Waals surface area contributed by atoms with Crippen molar-refractivity contribution < 1.29 is 4.79 Å². The summed E-state index contributed by atoms with van der Waals surface area (Å²) < 4.78 is 1.16. The minimum atomic E-state index is 0.0768. The molecule has 3 rings (SSSR count). The van der Waals surface area contributed by atoms with Crippen LogP contribution in [0, 0.1) is 0 Å². The van der Waals surface area contributed by atoms with Crippen LogP contribution in [0.4, 0.5) is 0 Å². The third-order valence-electron chi connectivity index (χ3n) is 3.70. The van der Waals surface area contributed by atoms with E-state index in [9.17, 15) is 4.79 Å². The molecule has 0 aliphatic carbocycles. The van der Waals surface area contributed by atoms with Gasteiger partial charge in [-0.15, -0.1) is 11.3 Å². The van der Waals surface area contributed by atoms with Gasteiger partial charge in [0.05, 0.1) is 10.2 Å². The lowest BCUT2D eigenvalue weighted by Crippen LogP contribution is -2.30. The largest absolute Gasteiger partial charge is 0.339 e. The number of para-hydroxylation sites is 1. The van der Waals surface area contributed by atoms with E-state index in [4.69, 9.17) is 0 Å². The number of benzene rings is 2. The number of nitrogens with zero attached hydrogens (tertiary/aromatic N) is 2. The molecule has 0 unspecified atom stereocenters. The van der Waals surface area contributed by atoms with Crippen LogP contribution in [0.15, 0.2) is 48.5 Å². The van der Waals surface area contributed by atoms with Gasteiger partial charge in [-0.05, 0) is 38.1 Å². The van der Waals surface area contributed by atoms with Crippen molar-refractivity contribution in [3.05, 3.63) is 54.1 Å². The van der Waals surface area contributed by atoms with Crippen LogP contribution < -0.4 is 0 Å². The number of amides is 1. The number of carbonyl (C=O) groups excluding carboxylic acids is 1. The summed E-state index contributed by atoms with van der Waals surface area (Å²) in [6, 6.07) is 15.9. The lowest BCUT2D eigenvalue weighted by Gasteiger charge is -2.18. The van der Waals surface area contributed by atoms with Gasteiger partial charge in [-0.25, -0.2) is 4.98 Å². The average molecular weight is 310 g/mol. The molecular formula is C18H18N2OS. The quantitative estimate of drug-likeness (QED) is 0.713. The number of fused-ring (bicyclic) bond motifs is 1. The molecular weight excluding hydrogens is 292 g/mol. The molecule has 1 heterocycles. The third kappa shape index (κ3) is 2.74. The fourth-order valence-electron chi connectivity index (χ4n) is 2.47. The number of hydrogen-bond acceptors (Lipinski definition) is 3. The van der Waals surface area contributed by atoms with Crippen molar-refractivity contribution in [1.82, 2.24) is 9.88 Å². The van der Waals surface area contributed by atoms with Gasteiger partial charge in [0.25, 0.3) is 5.91 Å². The second kappa shape index (κ2) is 6.28. The molecule has 112 valence electrons. The highest BCUT2D eigenvalue weighted by atomic mass is 32.1. The highest BCUT2D eigenvalue weighted by Gasteiger charge is 2.14. The number of hydrogen-bond donors (Lipinski definition) is 0. The molecule has 0 spiro atoms. The van der Waals surface area contributed by atoms with Crippen LogP contribution in [0.5, 0.6) is 0 Å². The average Bonchev–Trinajstić information content (AvgIpc) is 3.00. The normalized spacial score (nSPS) is 10.8. The highest BCUT2D eigenvalue weighted by molar-refractivity contribution is 7.21. The van der Waals surface area contributed by atoms with Crippen molar-refractivity contribution in [2.75, 3.05) is 13.1 Å². The molecule has 0 saturated carbocycles. The predicted octanol–water partition coefficient (Wildman–Crippen LogP) is 4.45. The van der Waals surface area contributed by atoms with E-state index in [2.05, 4.69) is 11.1 Å². The molecule has 0 aliphatic rings. The molecule has 0 aliphatic heterocycles. The van der Waals surface area contributed by atoms with Crippen LogP contribution >= 0.6 is 11.3 Å². The van der Waals surface area contributed by atoms with Gasteiger partial charge in [-0.3, -0.25) is 4.79 Å². The van der Waals surface area contributed by atoms with E-state index >= 15 is 0 Å². The van der Waals surface area contributed by atoms with Gasteiger partial charge in [0.15, 0.2) is 0 Å². The topological polar surface area (TPSA) is 33.2 Å². The zero-order valence-corrected chi connectivity index (χ0v) is 13.6. The van der Waals surface area contributed by atoms with Gasteiger partial charge in [0.1, 0.15) is 5.01 Å². The van der Waals surface area contributed by atoms with Crippen LogP contribution in [0.1, 0.15) is 24.2 Å². The molecule has 0 saturated heterocycles. The van der Waals surface area contributed by atoms with Crippen molar-refractivity contribution in [2.45, 2.75) is 13.8 Å². The Morgan fingerprint density at radius 3 is 2.59 bits per heavy atom. The molecule has 1 amide bonds. The molecule has 0 radical (unpaired) electrons. The van der Waals surface area contributed by atoms with E-state index in [1.165, 1.54) is 0 Å². The Hall–Kier alpha value is -2.20. The standard InChI is InChI=1S/C18H18N2OS/c1-3-20(4-2)18(21)14-9-7-8-13(12-14)17-19-15-10-5-6-11-16(15)22-17/h5-12H,3-4H2,1-2H3. The Balaban J connectivity index is 1.98. The van der Waals surface area contributed by atoms with Gasteiger partial charge in [-0.2, -0.15) is 0 Å². The molecule has 1 aromatic heterocycles. The first-order chi connectivity index (χ1) is 10.7. The SMILES string of the molecule is CCN(CC)C(=O)c1cccc(-c2nc3ccccc3s2)c1. The molecule has 22 heavy (non-hydrogen) atoms. The minimum absolute atomic E-state index is 0.0768. The van der Waals surface area contributed by atoms with Crippen LogP contribution in [0.25, 0.3) is 20.8 Å². The Morgan fingerprint density at radius 1 is 1.09 bits per heavy atom. The van der Waals surface area contributed by atoms with Gasteiger partial charge in [-0.1, -0.05) is 24.3 Å². The van der Waals surface area contributed by atoms with E-state index < -0.39 is 0 Å². The first-order valence-corrected chi connectivity index (χ1v) is 8.30. The zero-order valence-electron chi connectivity index (χ0n) is 12.7. The number of rotatable bonds is 4. The predicted molar refractivity (Wildman–Crippen MR) is 92.3 cm³/mol. The van der Waals surface area contributed by atoms with Crippen LogP contribution in [0.3, 0.4) is 0 Å². The number of thiazole rings is 1. The molecule has 0 fully saturated rings. The summed E-state index contributed by atoms with van der Waals surface area (Å²) in [7, 11) is 0. The van der Waals surface area contributed by atoms with Crippen LogP contribution in [-0.2, 0) is 0 Å². The van der Waals surface area contributed by atoms with E-state index in [-0.39, 0.29) is 5.91 Å². The first-order valence-electron chi connectivity index (χ1n) is 7.48. The Labute approximate surface area is 134 Å². The van der Waals surface area contributed by atoms with E-state index in [0.717, 1.165) is 39.4 Å². The molecule has 4 heteroatoms. The van der Waals surface area contributed by atoms with Gasteiger partial charge >= 0.3 is 0 Å². The number of carbonyl (C=O) groups is 1. The summed E-state index contributed by atoms with van der Waals surface area (Å²) in [4.78, 5) is 19.0. The van der Waals surface area contributed by atoms with E-state index in [1.807, 2.05) is 61.2 Å². The molecule has 0 N–H and O–H groups in total. The summed E-state index contributed by atoms with van der Waals surface area (Å²) in [6.07, 6.45) is 0. The summed E-state index contributed by atoms with van der Waals surface area (Å²) in [5, 5.41) is 0.954. The maximum Gasteiger partial charge on any atom is 0.253 e. The highest BCUT2D eigenvalue weighted by Crippen LogP contribution is 2.30. The van der Waals surface area contributed by atoms with Crippen molar-refractivity contribution >= 4 is 27.5 Å². The van der Waals surface area contributed by atoms with Gasteiger partial charge in [0, 0.05) is 24.2 Å². The molecule has 3 aromatic rings. The van der Waals surface area contributed by atoms with Crippen molar-refractivity contribution in [2.24, 2.45) is 0 Å². The summed E-state index contributed by atoms with van der Waals surface area (Å²) in [6.45, 7) is 5.44. The van der Waals surface area contributed by atoms with E-state index in [0.29, 0.717) is 0 Å². The lowest BCUT2D eigenvalue weighted by atomic mass is 10.1. The Morgan fingerprint density at radius 2 is 1.86 bits per heavy atom. The van der Waals surface area contributed by atoms with Crippen LogP contribution in [0.2, 0.25) is 0 Å². The molecule has 0 bridgehead atoms. The van der Waals surface area contributed by atoms with Crippen molar-refractivity contribution in [1.29, 1.82) is 0 Å².